The third kappa shape index (κ3) is 3.82. The number of hydrogen-bond donors (Lipinski definition) is 2. The van der Waals surface area contributed by atoms with E-state index in [0.29, 0.717) is 24.6 Å². The Kier molecular flexibility index (Phi) is 5.46. The summed E-state index contributed by atoms with van der Waals surface area (Å²) in [6, 6.07) is 5.94. The predicted octanol–water partition coefficient (Wildman–Crippen LogP) is 1.02. The van der Waals surface area contributed by atoms with Crippen LogP contribution in [-0.2, 0) is 22.7 Å². The van der Waals surface area contributed by atoms with Crippen LogP contribution in [0, 0.1) is 0 Å². The molecule has 0 saturated carbocycles. The number of amides is 3. The molecule has 4 rings (SSSR count). The Morgan fingerprint density at radius 2 is 1.93 bits per heavy atom. The molecule has 7 heteroatoms. The number of rotatable bonds is 5. The van der Waals surface area contributed by atoms with Gasteiger partial charge < -0.3 is 15.1 Å². The van der Waals surface area contributed by atoms with Gasteiger partial charge in [-0.1, -0.05) is 19.1 Å². The predicted molar refractivity (Wildman–Crippen MR) is 104 cm³/mol. The standard InChI is InChI=1S/C21H28N4O3/c1-2-24-9-7-16(8-10-24)22-12-14-3-4-17-15(11-14)13-25(21(17)28)18-5-6-19(26)23-20(18)27/h3-4,11,16,18,22H,2,5-10,12-13H2,1H3,(H,23,26,27). The van der Waals surface area contributed by atoms with Crippen LogP contribution in [-0.4, -0.2) is 59.2 Å². The highest BCUT2D eigenvalue weighted by Gasteiger charge is 2.39. The van der Waals surface area contributed by atoms with E-state index in [4.69, 9.17) is 0 Å². The van der Waals surface area contributed by atoms with Gasteiger partial charge in [-0.2, -0.15) is 0 Å². The van der Waals surface area contributed by atoms with Gasteiger partial charge in [0.05, 0.1) is 0 Å². The van der Waals surface area contributed by atoms with Gasteiger partial charge in [0.25, 0.3) is 5.91 Å². The fraction of sp³-hybridized carbons (Fsp3) is 0.571. The molecular weight excluding hydrogens is 356 g/mol. The Hall–Kier alpha value is -2.25. The van der Waals surface area contributed by atoms with Crippen LogP contribution in [0.5, 0.6) is 0 Å². The van der Waals surface area contributed by atoms with Gasteiger partial charge in [-0.15, -0.1) is 0 Å². The molecule has 0 aromatic heterocycles. The second-order valence-electron chi connectivity index (χ2n) is 7.98. The summed E-state index contributed by atoms with van der Waals surface area (Å²) >= 11 is 0. The average Bonchev–Trinajstić information content (AvgIpc) is 3.02. The molecular formula is C21H28N4O3. The number of benzene rings is 1. The summed E-state index contributed by atoms with van der Waals surface area (Å²) in [7, 11) is 0. The summed E-state index contributed by atoms with van der Waals surface area (Å²) in [6.07, 6.45) is 3.01. The molecule has 1 aromatic rings. The average molecular weight is 384 g/mol. The highest BCUT2D eigenvalue weighted by atomic mass is 16.2. The van der Waals surface area contributed by atoms with Crippen molar-refractivity contribution in [1.29, 1.82) is 0 Å². The summed E-state index contributed by atoms with van der Waals surface area (Å²) in [4.78, 5) is 40.3. The van der Waals surface area contributed by atoms with Crippen molar-refractivity contribution in [2.45, 2.75) is 57.8 Å². The molecule has 28 heavy (non-hydrogen) atoms. The van der Waals surface area contributed by atoms with Crippen molar-refractivity contribution in [3.63, 3.8) is 0 Å². The van der Waals surface area contributed by atoms with Crippen molar-refractivity contribution in [1.82, 2.24) is 20.4 Å². The third-order valence-electron chi connectivity index (χ3n) is 6.22. The smallest absolute Gasteiger partial charge is 0.255 e. The van der Waals surface area contributed by atoms with E-state index in [9.17, 15) is 14.4 Å². The number of carbonyl (C=O) groups excluding carboxylic acids is 3. The zero-order valence-corrected chi connectivity index (χ0v) is 16.4. The van der Waals surface area contributed by atoms with E-state index in [0.717, 1.165) is 37.3 Å². The van der Waals surface area contributed by atoms with Crippen LogP contribution in [0.2, 0.25) is 0 Å². The Labute approximate surface area is 165 Å². The number of imide groups is 1. The van der Waals surface area contributed by atoms with E-state index in [1.165, 1.54) is 12.8 Å². The maximum atomic E-state index is 12.7. The molecule has 1 atom stereocenters. The van der Waals surface area contributed by atoms with Crippen molar-refractivity contribution < 1.29 is 14.4 Å². The van der Waals surface area contributed by atoms with Gasteiger partial charge in [-0.25, -0.2) is 0 Å². The Bertz CT molecular complexity index is 786. The van der Waals surface area contributed by atoms with E-state index < -0.39 is 6.04 Å². The highest BCUT2D eigenvalue weighted by Crippen LogP contribution is 2.28. The van der Waals surface area contributed by atoms with Gasteiger partial charge in [0.1, 0.15) is 6.04 Å². The second kappa shape index (κ2) is 8.01. The van der Waals surface area contributed by atoms with Crippen LogP contribution in [0.1, 0.15) is 54.1 Å². The molecule has 0 bridgehead atoms. The molecule has 0 radical (unpaired) electrons. The summed E-state index contributed by atoms with van der Waals surface area (Å²) < 4.78 is 0. The maximum Gasteiger partial charge on any atom is 0.255 e. The number of hydrogen-bond acceptors (Lipinski definition) is 5. The summed E-state index contributed by atoms with van der Waals surface area (Å²) in [5.74, 6) is -0.739. The first-order valence-corrected chi connectivity index (χ1v) is 10.3. The minimum absolute atomic E-state index is 0.115. The van der Waals surface area contributed by atoms with Crippen molar-refractivity contribution in [2.24, 2.45) is 0 Å². The number of piperidine rings is 2. The van der Waals surface area contributed by atoms with Gasteiger partial charge in [-0.3, -0.25) is 19.7 Å². The summed E-state index contributed by atoms with van der Waals surface area (Å²) in [5, 5.41) is 5.99. The number of carbonyl (C=O) groups is 3. The lowest BCUT2D eigenvalue weighted by atomic mass is 10.0. The first-order valence-electron chi connectivity index (χ1n) is 10.3. The zero-order chi connectivity index (χ0) is 19.7. The first-order chi connectivity index (χ1) is 13.5. The molecule has 2 N–H and O–H groups in total. The lowest BCUT2D eigenvalue weighted by molar-refractivity contribution is -0.136. The third-order valence-corrected chi connectivity index (χ3v) is 6.22. The minimum atomic E-state index is -0.553. The van der Waals surface area contributed by atoms with E-state index in [1.807, 2.05) is 12.1 Å². The van der Waals surface area contributed by atoms with Crippen LogP contribution in [0.15, 0.2) is 18.2 Å². The van der Waals surface area contributed by atoms with Gasteiger partial charge in [0.2, 0.25) is 11.8 Å². The largest absolute Gasteiger partial charge is 0.322 e. The Morgan fingerprint density at radius 3 is 2.64 bits per heavy atom. The van der Waals surface area contributed by atoms with Crippen LogP contribution in [0.4, 0.5) is 0 Å². The number of nitrogens with zero attached hydrogens (tertiary/aromatic N) is 2. The molecule has 2 fully saturated rings. The van der Waals surface area contributed by atoms with Gasteiger partial charge in [0.15, 0.2) is 0 Å². The molecule has 1 unspecified atom stereocenters. The van der Waals surface area contributed by atoms with E-state index in [-0.39, 0.29) is 24.1 Å². The zero-order valence-electron chi connectivity index (χ0n) is 16.4. The van der Waals surface area contributed by atoms with Crippen LogP contribution >= 0.6 is 0 Å². The number of fused-ring (bicyclic) bond motifs is 1. The first kappa shape index (κ1) is 19.1. The second-order valence-corrected chi connectivity index (χ2v) is 7.98. The molecule has 3 aliphatic rings. The number of likely N-dealkylation sites (tertiary alicyclic amines) is 1. The van der Waals surface area contributed by atoms with Crippen molar-refractivity contribution in [3.8, 4) is 0 Å². The van der Waals surface area contributed by atoms with E-state index in [2.05, 4.69) is 28.5 Å². The molecule has 7 nitrogen and oxygen atoms in total. The molecule has 3 aliphatic heterocycles. The van der Waals surface area contributed by atoms with Crippen molar-refractivity contribution in [3.05, 3.63) is 34.9 Å². The van der Waals surface area contributed by atoms with E-state index >= 15 is 0 Å². The van der Waals surface area contributed by atoms with Crippen molar-refractivity contribution >= 4 is 17.7 Å². The highest BCUT2D eigenvalue weighted by molar-refractivity contribution is 6.05. The van der Waals surface area contributed by atoms with Crippen LogP contribution in [0.25, 0.3) is 0 Å². The van der Waals surface area contributed by atoms with Crippen molar-refractivity contribution in [2.75, 3.05) is 19.6 Å². The van der Waals surface area contributed by atoms with Crippen LogP contribution < -0.4 is 10.6 Å². The quantitative estimate of drug-likeness (QED) is 0.741. The van der Waals surface area contributed by atoms with Crippen LogP contribution in [0.3, 0.4) is 0 Å². The maximum absolute atomic E-state index is 12.7. The minimum Gasteiger partial charge on any atom is -0.322 e. The fourth-order valence-electron chi connectivity index (χ4n) is 4.45. The molecule has 0 spiro atoms. The molecule has 1 aromatic carbocycles. The summed E-state index contributed by atoms with van der Waals surface area (Å²) in [5.41, 5.74) is 2.80. The molecule has 3 amide bonds. The molecule has 0 aliphatic carbocycles. The Balaban J connectivity index is 1.37. The lowest BCUT2D eigenvalue weighted by Gasteiger charge is -2.31. The van der Waals surface area contributed by atoms with Gasteiger partial charge in [-0.05, 0) is 56.1 Å². The topological polar surface area (TPSA) is 81.8 Å². The SMILES string of the molecule is CCN1CCC(NCc2ccc3c(c2)CN(C2CCC(=O)NC2=O)C3=O)CC1. The molecule has 2 saturated heterocycles. The normalized spacial score (nSPS) is 23.8. The van der Waals surface area contributed by atoms with E-state index in [1.54, 1.807) is 4.90 Å². The molecule has 3 heterocycles. The summed E-state index contributed by atoms with van der Waals surface area (Å²) in [6.45, 7) is 6.84. The van der Waals surface area contributed by atoms with Gasteiger partial charge >= 0.3 is 0 Å². The monoisotopic (exact) mass is 384 g/mol. The fourth-order valence-corrected chi connectivity index (χ4v) is 4.45. The number of nitrogens with one attached hydrogen (secondary N) is 2. The van der Waals surface area contributed by atoms with Gasteiger partial charge in [0, 0.05) is 31.1 Å². The lowest BCUT2D eigenvalue weighted by Crippen LogP contribution is -2.52. The Morgan fingerprint density at radius 1 is 1.14 bits per heavy atom. The molecule has 150 valence electrons.